The molecule has 1 aromatic carbocycles. The lowest BCUT2D eigenvalue weighted by Gasteiger charge is -2.29. The third kappa shape index (κ3) is 3.11. The summed E-state index contributed by atoms with van der Waals surface area (Å²) < 4.78 is 27.1. The van der Waals surface area contributed by atoms with E-state index in [-0.39, 0.29) is 10.5 Å². The van der Waals surface area contributed by atoms with E-state index in [1.54, 1.807) is 6.07 Å². The third-order valence-corrected chi connectivity index (χ3v) is 6.40. The van der Waals surface area contributed by atoms with Gasteiger partial charge in [0, 0.05) is 30.2 Å². The first kappa shape index (κ1) is 16.4. The minimum atomic E-state index is -3.57. The van der Waals surface area contributed by atoms with Gasteiger partial charge in [0.05, 0.1) is 10.4 Å². The van der Waals surface area contributed by atoms with Crippen LogP contribution in [0.4, 0.5) is 0 Å². The second-order valence-electron chi connectivity index (χ2n) is 5.90. The maximum atomic E-state index is 12.8. The highest BCUT2D eigenvalue weighted by molar-refractivity contribution is 7.89. The minimum absolute atomic E-state index is 0.173. The van der Waals surface area contributed by atoms with Gasteiger partial charge in [0.25, 0.3) is 5.24 Å². The van der Waals surface area contributed by atoms with Gasteiger partial charge in [-0.05, 0) is 54.6 Å². The van der Waals surface area contributed by atoms with Crippen LogP contribution in [0.1, 0.15) is 30.1 Å². The van der Waals surface area contributed by atoms with Crippen LogP contribution in [0.15, 0.2) is 35.4 Å². The second-order valence-corrected chi connectivity index (χ2v) is 8.18. The van der Waals surface area contributed by atoms with Crippen LogP contribution in [0.2, 0.25) is 0 Å². The van der Waals surface area contributed by atoms with Crippen molar-refractivity contribution in [3.8, 4) is 0 Å². The SMILES string of the molecule is CC1CCN(S(=O)(=O)c2ccc3nccc(C(=O)Cl)c3c2)CC1. The van der Waals surface area contributed by atoms with Crippen molar-refractivity contribution in [2.45, 2.75) is 24.7 Å². The Labute approximate surface area is 140 Å². The molecule has 1 aromatic heterocycles. The monoisotopic (exact) mass is 352 g/mol. The number of piperidine rings is 1. The van der Waals surface area contributed by atoms with Crippen LogP contribution < -0.4 is 0 Å². The van der Waals surface area contributed by atoms with Gasteiger partial charge in [0.2, 0.25) is 10.0 Å². The van der Waals surface area contributed by atoms with Gasteiger partial charge in [-0.25, -0.2) is 8.42 Å². The molecule has 0 bridgehead atoms. The summed E-state index contributed by atoms with van der Waals surface area (Å²) in [6, 6.07) is 6.13. The second kappa shape index (κ2) is 6.19. The smallest absolute Gasteiger partial charge is 0.253 e. The van der Waals surface area contributed by atoms with Crippen LogP contribution in [-0.4, -0.2) is 36.0 Å². The number of benzene rings is 1. The van der Waals surface area contributed by atoms with E-state index in [4.69, 9.17) is 11.6 Å². The van der Waals surface area contributed by atoms with Crippen molar-refractivity contribution in [2.24, 2.45) is 5.92 Å². The zero-order chi connectivity index (χ0) is 16.6. The Hall–Kier alpha value is -1.50. The molecule has 0 atom stereocenters. The standard InChI is InChI=1S/C16H17ClN2O3S/c1-11-5-8-19(9-6-11)23(21,22)12-2-3-15-14(10-12)13(16(17)20)4-7-18-15/h2-4,7,10-11H,5-6,8-9H2,1H3. The van der Waals surface area contributed by atoms with E-state index in [1.807, 2.05) is 0 Å². The van der Waals surface area contributed by atoms with Crippen LogP contribution >= 0.6 is 11.6 Å². The minimum Gasteiger partial charge on any atom is -0.276 e. The lowest BCUT2D eigenvalue weighted by molar-refractivity contribution is 0.108. The first-order valence-electron chi connectivity index (χ1n) is 7.48. The number of carbonyl (C=O) groups is 1. The Kier molecular flexibility index (Phi) is 4.40. The van der Waals surface area contributed by atoms with E-state index in [0.717, 1.165) is 12.8 Å². The maximum Gasteiger partial charge on any atom is 0.253 e. The molecule has 0 radical (unpaired) electrons. The average Bonchev–Trinajstić information content (AvgIpc) is 2.54. The summed E-state index contributed by atoms with van der Waals surface area (Å²) in [5.41, 5.74) is 0.809. The Morgan fingerprint density at radius 2 is 1.96 bits per heavy atom. The predicted molar refractivity (Wildman–Crippen MR) is 89.1 cm³/mol. The van der Waals surface area contributed by atoms with Gasteiger partial charge in [0.1, 0.15) is 0 Å². The molecular weight excluding hydrogens is 336 g/mol. The summed E-state index contributed by atoms with van der Waals surface area (Å²) in [5.74, 6) is 0.544. The topological polar surface area (TPSA) is 67.3 Å². The van der Waals surface area contributed by atoms with E-state index < -0.39 is 15.3 Å². The quantitative estimate of drug-likeness (QED) is 0.796. The Morgan fingerprint density at radius 1 is 1.26 bits per heavy atom. The number of sulfonamides is 1. The summed E-state index contributed by atoms with van der Waals surface area (Å²) in [5, 5.41) is -0.169. The van der Waals surface area contributed by atoms with Gasteiger partial charge in [-0.15, -0.1) is 0 Å². The zero-order valence-corrected chi connectivity index (χ0v) is 14.3. The number of nitrogens with zero attached hydrogens (tertiary/aromatic N) is 2. The number of aromatic nitrogens is 1. The summed E-state index contributed by atoms with van der Waals surface area (Å²) in [7, 11) is -3.57. The number of halogens is 1. The highest BCUT2D eigenvalue weighted by Gasteiger charge is 2.28. The molecule has 0 aliphatic carbocycles. The number of carbonyl (C=O) groups excluding carboxylic acids is 1. The van der Waals surface area contributed by atoms with E-state index in [9.17, 15) is 13.2 Å². The molecular formula is C16H17ClN2O3S. The van der Waals surface area contributed by atoms with Crippen molar-refractivity contribution in [2.75, 3.05) is 13.1 Å². The Morgan fingerprint density at radius 3 is 2.61 bits per heavy atom. The van der Waals surface area contributed by atoms with E-state index >= 15 is 0 Å². The molecule has 0 unspecified atom stereocenters. The molecule has 1 fully saturated rings. The molecule has 0 amide bonds. The number of hydrogen-bond donors (Lipinski definition) is 0. The normalized spacial score (nSPS) is 17.5. The average molecular weight is 353 g/mol. The van der Waals surface area contributed by atoms with Gasteiger partial charge < -0.3 is 0 Å². The highest BCUT2D eigenvalue weighted by Crippen LogP contribution is 2.27. The molecule has 0 saturated carbocycles. The molecule has 5 nitrogen and oxygen atoms in total. The van der Waals surface area contributed by atoms with Crippen molar-refractivity contribution in [1.29, 1.82) is 0 Å². The zero-order valence-electron chi connectivity index (χ0n) is 12.7. The lowest BCUT2D eigenvalue weighted by atomic mass is 10.0. The van der Waals surface area contributed by atoms with Crippen molar-refractivity contribution in [1.82, 2.24) is 9.29 Å². The highest BCUT2D eigenvalue weighted by atomic mass is 35.5. The van der Waals surface area contributed by atoms with E-state index in [2.05, 4.69) is 11.9 Å². The largest absolute Gasteiger partial charge is 0.276 e. The van der Waals surface area contributed by atoms with E-state index in [1.165, 1.54) is 28.7 Å². The van der Waals surface area contributed by atoms with Crippen LogP contribution in [0.25, 0.3) is 10.9 Å². The van der Waals surface area contributed by atoms with Crippen LogP contribution in [-0.2, 0) is 10.0 Å². The van der Waals surface area contributed by atoms with Crippen molar-refractivity contribution in [3.05, 3.63) is 36.0 Å². The van der Waals surface area contributed by atoms with Crippen molar-refractivity contribution >= 4 is 37.8 Å². The van der Waals surface area contributed by atoms with Crippen molar-refractivity contribution in [3.63, 3.8) is 0 Å². The summed E-state index contributed by atoms with van der Waals surface area (Å²) >= 11 is 5.59. The number of rotatable bonds is 3. The number of fused-ring (bicyclic) bond motifs is 1. The maximum absolute atomic E-state index is 12.8. The summed E-state index contributed by atoms with van der Waals surface area (Å²) in [6.45, 7) is 3.18. The van der Waals surface area contributed by atoms with Crippen LogP contribution in [0.5, 0.6) is 0 Å². The Balaban J connectivity index is 2.06. The molecule has 0 spiro atoms. The molecule has 3 rings (SSSR count). The fourth-order valence-electron chi connectivity index (χ4n) is 2.83. The molecule has 0 N–H and O–H groups in total. The van der Waals surface area contributed by atoms with Gasteiger partial charge in [-0.3, -0.25) is 9.78 Å². The van der Waals surface area contributed by atoms with Crippen LogP contribution in [0.3, 0.4) is 0 Å². The molecule has 7 heteroatoms. The van der Waals surface area contributed by atoms with Gasteiger partial charge in [0.15, 0.2) is 0 Å². The fraction of sp³-hybridized carbons (Fsp3) is 0.375. The molecule has 122 valence electrons. The van der Waals surface area contributed by atoms with Gasteiger partial charge in [-0.2, -0.15) is 4.31 Å². The molecule has 1 aliphatic rings. The lowest BCUT2D eigenvalue weighted by Crippen LogP contribution is -2.37. The molecule has 1 aliphatic heterocycles. The van der Waals surface area contributed by atoms with Gasteiger partial charge in [-0.1, -0.05) is 6.92 Å². The molecule has 1 saturated heterocycles. The third-order valence-electron chi connectivity index (χ3n) is 4.31. The molecule has 2 heterocycles. The molecule has 2 aromatic rings. The van der Waals surface area contributed by atoms with Crippen molar-refractivity contribution < 1.29 is 13.2 Å². The first-order valence-corrected chi connectivity index (χ1v) is 9.30. The predicted octanol–water partition coefficient (Wildman–Crippen LogP) is 3.03. The number of hydrogen-bond acceptors (Lipinski definition) is 4. The summed E-state index contributed by atoms with van der Waals surface area (Å²) in [4.78, 5) is 15.9. The van der Waals surface area contributed by atoms with Crippen LogP contribution in [0, 0.1) is 5.92 Å². The molecule has 23 heavy (non-hydrogen) atoms. The fourth-order valence-corrected chi connectivity index (χ4v) is 4.49. The van der Waals surface area contributed by atoms with E-state index in [0.29, 0.717) is 29.9 Å². The van der Waals surface area contributed by atoms with Gasteiger partial charge >= 0.3 is 0 Å². The number of pyridine rings is 1. The summed E-state index contributed by atoms with van der Waals surface area (Å²) in [6.07, 6.45) is 3.21. The Bertz CT molecular complexity index is 859. The first-order chi connectivity index (χ1) is 10.9.